The van der Waals surface area contributed by atoms with Crippen LogP contribution in [0, 0.1) is 0 Å². The average Bonchev–Trinajstić information content (AvgIpc) is 2.39. The molecule has 94 valence electrons. The van der Waals surface area contributed by atoms with Crippen LogP contribution in [-0.2, 0) is 0 Å². The Bertz CT molecular complexity index is 527. The average molecular weight is 244 g/mol. The van der Waals surface area contributed by atoms with E-state index in [0.29, 0.717) is 11.6 Å². The highest BCUT2D eigenvalue weighted by molar-refractivity contribution is 5.35. The van der Waals surface area contributed by atoms with Crippen molar-refractivity contribution >= 4 is 0 Å². The van der Waals surface area contributed by atoms with Gasteiger partial charge < -0.3 is 15.2 Å². The Morgan fingerprint density at radius 3 is 2.67 bits per heavy atom. The van der Waals surface area contributed by atoms with Gasteiger partial charge in [-0.3, -0.25) is 0 Å². The van der Waals surface area contributed by atoms with Gasteiger partial charge in [-0.1, -0.05) is 6.07 Å². The minimum Gasteiger partial charge on any atom is -0.497 e. The van der Waals surface area contributed by atoms with Gasteiger partial charge in [0.1, 0.15) is 11.5 Å². The minimum atomic E-state index is -0.0411. The SMILES string of the molecule is COc1cccc(Oc2cc([C@H](C)N)ccn2)c1. The maximum absolute atomic E-state index is 5.82. The molecule has 4 heteroatoms. The predicted octanol–water partition coefficient (Wildman–Crippen LogP) is 2.90. The Morgan fingerprint density at radius 2 is 1.94 bits per heavy atom. The zero-order chi connectivity index (χ0) is 13.0. The molecule has 0 aliphatic carbocycles. The maximum atomic E-state index is 5.82. The first-order valence-corrected chi connectivity index (χ1v) is 5.72. The molecule has 4 nitrogen and oxygen atoms in total. The number of nitrogens with zero attached hydrogens (tertiary/aromatic N) is 1. The standard InChI is InChI=1S/C14H16N2O2/c1-10(15)11-6-7-16-14(8-11)18-13-5-3-4-12(9-13)17-2/h3-10H,15H2,1-2H3/t10-/m0/s1. The summed E-state index contributed by atoms with van der Waals surface area (Å²) >= 11 is 0. The van der Waals surface area contributed by atoms with E-state index in [4.69, 9.17) is 15.2 Å². The third kappa shape index (κ3) is 2.99. The number of methoxy groups -OCH3 is 1. The first kappa shape index (κ1) is 12.4. The summed E-state index contributed by atoms with van der Waals surface area (Å²) in [6.07, 6.45) is 1.69. The molecule has 0 amide bonds. The molecule has 0 saturated heterocycles. The Morgan fingerprint density at radius 1 is 1.17 bits per heavy atom. The highest BCUT2D eigenvalue weighted by Crippen LogP contribution is 2.24. The Hall–Kier alpha value is -2.07. The number of hydrogen-bond donors (Lipinski definition) is 1. The summed E-state index contributed by atoms with van der Waals surface area (Å²) in [4.78, 5) is 4.15. The van der Waals surface area contributed by atoms with Gasteiger partial charge in [0, 0.05) is 24.4 Å². The van der Waals surface area contributed by atoms with Crippen LogP contribution in [-0.4, -0.2) is 12.1 Å². The largest absolute Gasteiger partial charge is 0.497 e. The van der Waals surface area contributed by atoms with Crippen molar-refractivity contribution in [3.8, 4) is 17.4 Å². The summed E-state index contributed by atoms with van der Waals surface area (Å²) in [6, 6.07) is 11.1. The van der Waals surface area contributed by atoms with Gasteiger partial charge in [-0.15, -0.1) is 0 Å². The van der Waals surface area contributed by atoms with Crippen molar-refractivity contribution in [2.75, 3.05) is 7.11 Å². The first-order chi connectivity index (χ1) is 8.69. The molecule has 0 radical (unpaired) electrons. The summed E-state index contributed by atoms with van der Waals surface area (Å²) in [5.74, 6) is 1.96. The molecule has 0 saturated carbocycles. The molecule has 1 atom stereocenters. The van der Waals surface area contributed by atoms with Crippen LogP contribution in [0.4, 0.5) is 0 Å². The third-order valence-corrected chi connectivity index (χ3v) is 2.55. The Balaban J connectivity index is 2.20. The van der Waals surface area contributed by atoms with Gasteiger partial charge in [-0.05, 0) is 30.7 Å². The Labute approximate surface area is 106 Å². The Kier molecular flexibility index (Phi) is 3.79. The van der Waals surface area contributed by atoms with E-state index in [9.17, 15) is 0 Å². The zero-order valence-electron chi connectivity index (χ0n) is 10.5. The van der Waals surface area contributed by atoms with Crippen molar-refractivity contribution in [1.29, 1.82) is 0 Å². The predicted molar refractivity (Wildman–Crippen MR) is 69.9 cm³/mol. The lowest BCUT2D eigenvalue weighted by Crippen LogP contribution is -2.05. The highest BCUT2D eigenvalue weighted by atomic mass is 16.5. The minimum absolute atomic E-state index is 0.0411. The molecule has 0 bridgehead atoms. The van der Waals surface area contributed by atoms with Crippen molar-refractivity contribution in [3.05, 3.63) is 48.2 Å². The highest BCUT2D eigenvalue weighted by Gasteiger charge is 2.04. The van der Waals surface area contributed by atoms with E-state index >= 15 is 0 Å². The van der Waals surface area contributed by atoms with E-state index in [1.165, 1.54) is 0 Å². The van der Waals surface area contributed by atoms with E-state index in [-0.39, 0.29) is 6.04 Å². The van der Waals surface area contributed by atoms with Gasteiger partial charge in [-0.2, -0.15) is 0 Å². The number of pyridine rings is 1. The summed E-state index contributed by atoms with van der Waals surface area (Å²) < 4.78 is 10.8. The molecular weight excluding hydrogens is 228 g/mol. The van der Waals surface area contributed by atoms with Gasteiger partial charge in [0.25, 0.3) is 0 Å². The van der Waals surface area contributed by atoms with E-state index in [2.05, 4.69) is 4.98 Å². The molecule has 2 N–H and O–H groups in total. The number of rotatable bonds is 4. The zero-order valence-corrected chi connectivity index (χ0v) is 10.5. The summed E-state index contributed by atoms with van der Waals surface area (Å²) in [5.41, 5.74) is 6.81. The van der Waals surface area contributed by atoms with Crippen molar-refractivity contribution < 1.29 is 9.47 Å². The molecule has 0 aliphatic heterocycles. The third-order valence-electron chi connectivity index (χ3n) is 2.55. The van der Waals surface area contributed by atoms with Gasteiger partial charge in [0.15, 0.2) is 0 Å². The molecule has 1 heterocycles. The van der Waals surface area contributed by atoms with Gasteiger partial charge in [0.2, 0.25) is 5.88 Å². The smallest absolute Gasteiger partial charge is 0.219 e. The number of benzene rings is 1. The van der Waals surface area contributed by atoms with Gasteiger partial charge in [0.05, 0.1) is 7.11 Å². The van der Waals surface area contributed by atoms with Crippen LogP contribution < -0.4 is 15.2 Å². The molecule has 1 aromatic carbocycles. The van der Waals surface area contributed by atoms with Crippen LogP contribution in [0.2, 0.25) is 0 Å². The fraction of sp³-hybridized carbons (Fsp3) is 0.214. The van der Waals surface area contributed by atoms with Crippen molar-refractivity contribution in [3.63, 3.8) is 0 Å². The summed E-state index contributed by atoms with van der Waals surface area (Å²) in [7, 11) is 1.62. The molecular formula is C14H16N2O2. The van der Waals surface area contributed by atoms with Crippen molar-refractivity contribution in [2.45, 2.75) is 13.0 Å². The number of hydrogen-bond acceptors (Lipinski definition) is 4. The van der Waals surface area contributed by atoms with Crippen LogP contribution in [0.3, 0.4) is 0 Å². The first-order valence-electron chi connectivity index (χ1n) is 5.72. The lowest BCUT2D eigenvalue weighted by atomic mass is 10.1. The summed E-state index contributed by atoms with van der Waals surface area (Å²) in [6.45, 7) is 1.92. The molecule has 2 aromatic rings. The molecule has 18 heavy (non-hydrogen) atoms. The van der Waals surface area contributed by atoms with Crippen LogP contribution >= 0.6 is 0 Å². The summed E-state index contributed by atoms with van der Waals surface area (Å²) in [5, 5.41) is 0. The maximum Gasteiger partial charge on any atom is 0.219 e. The number of nitrogens with two attached hydrogens (primary N) is 1. The molecule has 0 unspecified atom stereocenters. The number of aromatic nitrogens is 1. The lowest BCUT2D eigenvalue weighted by molar-refractivity contribution is 0.407. The normalized spacial score (nSPS) is 11.9. The van der Waals surface area contributed by atoms with E-state index in [0.717, 1.165) is 11.3 Å². The van der Waals surface area contributed by atoms with E-state index in [1.807, 2.05) is 37.3 Å². The second-order valence-electron chi connectivity index (χ2n) is 4.00. The second-order valence-corrected chi connectivity index (χ2v) is 4.00. The molecule has 0 aliphatic rings. The fourth-order valence-electron chi connectivity index (χ4n) is 1.55. The second kappa shape index (κ2) is 5.51. The van der Waals surface area contributed by atoms with Gasteiger partial charge in [-0.25, -0.2) is 4.98 Å². The van der Waals surface area contributed by atoms with Crippen LogP contribution in [0.25, 0.3) is 0 Å². The van der Waals surface area contributed by atoms with Crippen LogP contribution in [0.5, 0.6) is 17.4 Å². The number of ether oxygens (including phenoxy) is 2. The van der Waals surface area contributed by atoms with Crippen molar-refractivity contribution in [1.82, 2.24) is 4.98 Å². The monoisotopic (exact) mass is 244 g/mol. The van der Waals surface area contributed by atoms with E-state index < -0.39 is 0 Å². The fourth-order valence-corrected chi connectivity index (χ4v) is 1.55. The van der Waals surface area contributed by atoms with Crippen molar-refractivity contribution in [2.24, 2.45) is 5.73 Å². The molecule has 0 fully saturated rings. The lowest BCUT2D eigenvalue weighted by Gasteiger charge is -2.09. The quantitative estimate of drug-likeness (QED) is 0.898. The molecule has 0 spiro atoms. The van der Waals surface area contributed by atoms with Gasteiger partial charge >= 0.3 is 0 Å². The topological polar surface area (TPSA) is 57.4 Å². The molecule has 2 rings (SSSR count). The van der Waals surface area contributed by atoms with Crippen LogP contribution in [0.15, 0.2) is 42.6 Å². The molecule has 1 aromatic heterocycles. The van der Waals surface area contributed by atoms with Crippen LogP contribution in [0.1, 0.15) is 18.5 Å². The van der Waals surface area contributed by atoms with E-state index in [1.54, 1.807) is 19.4 Å².